The maximum atomic E-state index is 12.6. The van der Waals surface area contributed by atoms with Gasteiger partial charge in [0.2, 0.25) is 5.88 Å². The maximum Gasteiger partial charge on any atom is 0.253 e. The summed E-state index contributed by atoms with van der Waals surface area (Å²) in [5.74, 6) is 1.54. The van der Waals surface area contributed by atoms with Crippen molar-refractivity contribution < 1.29 is 9.53 Å². The highest BCUT2D eigenvalue weighted by molar-refractivity contribution is 8.01. The molecule has 3 aromatic rings. The molecule has 2 aromatic carbocycles. The zero-order valence-corrected chi connectivity index (χ0v) is 17.0. The number of halogens is 1. The van der Waals surface area contributed by atoms with Gasteiger partial charge in [0.05, 0.1) is 6.54 Å². The number of pyridine rings is 1. The number of carbonyl (C=O) groups excluding carboxylic acids is 1. The van der Waals surface area contributed by atoms with Crippen LogP contribution in [0.3, 0.4) is 0 Å². The predicted octanol–water partition coefficient (Wildman–Crippen LogP) is 5.26. The molecule has 0 N–H and O–H groups in total. The summed E-state index contributed by atoms with van der Waals surface area (Å²) in [7, 11) is 3.45. The Hall–Kier alpha value is -2.70. The van der Waals surface area contributed by atoms with Gasteiger partial charge in [-0.1, -0.05) is 29.8 Å². The molecule has 1 amide bonds. The molecule has 2 heterocycles. The summed E-state index contributed by atoms with van der Waals surface area (Å²) < 4.78 is 7.97. The monoisotopic (exact) mass is 411 g/mol. The van der Waals surface area contributed by atoms with E-state index in [-0.39, 0.29) is 5.91 Å². The Morgan fingerprint density at radius 1 is 1.14 bits per heavy atom. The lowest BCUT2D eigenvalue weighted by molar-refractivity contribution is 0.0827. The number of hydrogen-bond donors (Lipinski definition) is 0. The van der Waals surface area contributed by atoms with Gasteiger partial charge >= 0.3 is 0 Å². The summed E-state index contributed by atoms with van der Waals surface area (Å²) in [5.41, 5.74) is 1.76. The molecular weight excluding hydrogens is 394 g/mol. The summed E-state index contributed by atoms with van der Waals surface area (Å²) in [6.07, 6.45) is 0. The molecule has 0 atom stereocenters. The van der Waals surface area contributed by atoms with Crippen LogP contribution in [0.4, 0.5) is 5.82 Å². The van der Waals surface area contributed by atoms with Crippen molar-refractivity contribution in [1.29, 1.82) is 0 Å². The van der Waals surface area contributed by atoms with E-state index in [2.05, 4.69) is 21.4 Å². The molecule has 142 valence electrons. The Morgan fingerprint density at radius 2 is 1.89 bits per heavy atom. The van der Waals surface area contributed by atoms with E-state index in [0.29, 0.717) is 34.6 Å². The average Bonchev–Trinajstić information content (AvgIpc) is 3.13. The van der Waals surface area contributed by atoms with Crippen LogP contribution >= 0.6 is 23.5 Å². The predicted molar refractivity (Wildman–Crippen MR) is 112 cm³/mol. The second-order valence-electron chi connectivity index (χ2n) is 6.54. The van der Waals surface area contributed by atoms with Crippen LogP contribution in [-0.4, -0.2) is 29.9 Å². The third kappa shape index (κ3) is 3.93. The van der Waals surface area contributed by atoms with Gasteiger partial charge in [-0.3, -0.25) is 9.10 Å². The van der Waals surface area contributed by atoms with Gasteiger partial charge in [0.15, 0.2) is 0 Å². The van der Waals surface area contributed by atoms with Crippen molar-refractivity contribution in [3.63, 3.8) is 0 Å². The third-order valence-electron chi connectivity index (χ3n) is 4.23. The lowest BCUT2D eigenvalue weighted by Crippen LogP contribution is -2.22. The number of rotatable bonds is 4. The molecule has 7 heteroatoms. The zero-order valence-electron chi connectivity index (χ0n) is 15.4. The van der Waals surface area contributed by atoms with E-state index in [1.54, 1.807) is 62.4 Å². The van der Waals surface area contributed by atoms with E-state index in [1.807, 2.05) is 12.1 Å². The van der Waals surface area contributed by atoms with Gasteiger partial charge in [0.25, 0.3) is 5.91 Å². The van der Waals surface area contributed by atoms with Gasteiger partial charge in [-0.05, 0) is 53.9 Å². The Morgan fingerprint density at radius 3 is 2.61 bits per heavy atom. The van der Waals surface area contributed by atoms with Crippen molar-refractivity contribution in [2.24, 2.45) is 0 Å². The van der Waals surface area contributed by atoms with Crippen LogP contribution < -0.4 is 9.04 Å². The average molecular weight is 412 g/mol. The normalized spacial score (nSPS) is 12.6. The Kier molecular flexibility index (Phi) is 5.15. The molecular formula is C21H18ClN3O2S. The van der Waals surface area contributed by atoms with Crippen molar-refractivity contribution in [3.8, 4) is 11.6 Å². The number of fused-ring (bicyclic) bond motifs is 1. The number of hydrogen-bond acceptors (Lipinski definition) is 5. The number of amides is 1. The van der Waals surface area contributed by atoms with Gasteiger partial charge in [-0.15, -0.1) is 0 Å². The molecule has 0 fully saturated rings. The number of benzene rings is 2. The van der Waals surface area contributed by atoms with E-state index in [9.17, 15) is 4.79 Å². The van der Waals surface area contributed by atoms with Gasteiger partial charge in [-0.25, -0.2) is 0 Å². The largest absolute Gasteiger partial charge is 0.439 e. The van der Waals surface area contributed by atoms with E-state index in [0.717, 1.165) is 0 Å². The van der Waals surface area contributed by atoms with Crippen molar-refractivity contribution in [1.82, 2.24) is 9.88 Å². The molecule has 0 unspecified atom stereocenters. The van der Waals surface area contributed by atoms with Gasteiger partial charge < -0.3 is 9.64 Å². The first-order valence-corrected chi connectivity index (χ1v) is 9.85. The fourth-order valence-corrected chi connectivity index (χ4v) is 3.98. The molecule has 1 aromatic heterocycles. The summed E-state index contributed by atoms with van der Waals surface area (Å²) in [6, 6.07) is 18.7. The van der Waals surface area contributed by atoms with Gasteiger partial charge in [0.1, 0.15) is 11.6 Å². The molecule has 0 saturated heterocycles. The molecule has 4 rings (SSSR count). The fraction of sp³-hybridized carbons (Fsp3) is 0.143. The smallest absolute Gasteiger partial charge is 0.253 e. The highest BCUT2D eigenvalue weighted by Crippen LogP contribution is 2.39. The van der Waals surface area contributed by atoms with Crippen LogP contribution in [0.25, 0.3) is 0 Å². The van der Waals surface area contributed by atoms with Gasteiger partial charge in [0, 0.05) is 35.6 Å². The molecule has 0 saturated carbocycles. The molecule has 0 radical (unpaired) electrons. The number of carbonyl (C=O) groups is 1. The maximum absolute atomic E-state index is 12.6. The molecule has 0 aliphatic carbocycles. The van der Waals surface area contributed by atoms with E-state index in [4.69, 9.17) is 16.3 Å². The van der Waals surface area contributed by atoms with E-state index in [1.165, 1.54) is 15.4 Å². The molecule has 0 spiro atoms. The van der Waals surface area contributed by atoms with Crippen molar-refractivity contribution in [2.45, 2.75) is 11.4 Å². The van der Waals surface area contributed by atoms with E-state index >= 15 is 0 Å². The first kappa shape index (κ1) is 18.7. The minimum atomic E-state index is -0.105. The minimum Gasteiger partial charge on any atom is -0.439 e. The number of ether oxygens (including phenoxy) is 1. The summed E-state index contributed by atoms with van der Waals surface area (Å²) in [4.78, 5) is 19.9. The second-order valence-corrected chi connectivity index (χ2v) is 8.04. The SMILES string of the molecule is CN(C)C(=O)c1cc(Oc2ccc(Cl)cc2)nc(N2Cc3ccccc3S2)c1. The van der Waals surface area contributed by atoms with Crippen molar-refractivity contribution in [2.75, 3.05) is 18.4 Å². The van der Waals surface area contributed by atoms with Crippen LogP contribution in [0.1, 0.15) is 15.9 Å². The third-order valence-corrected chi connectivity index (χ3v) is 5.61. The van der Waals surface area contributed by atoms with Crippen molar-refractivity contribution in [3.05, 3.63) is 76.8 Å². The Balaban J connectivity index is 1.68. The number of aromatic nitrogens is 1. The summed E-state index contributed by atoms with van der Waals surface area (Å²) >= 11 is 7.55. The molecule has 1 aliphatic rings. The minimum absolute atomic E-state index is 0.105. The lowest BCUT2D eigenvalue weighted by Gasteiger charge is -2.18. The summed E-state index contributed by atoms with van der Waals surface area (Å²) in [6.45, 7) is 0.716. The van der Waals surface area contributed by atoms with Gasteiger partial charge in [-0.2, -0.15) is 4.98 Å². The zero-order chi connectivity index (χ0) is 19.7. The first-order valence-electron chi connectivity index (χ1n) is 8.70. The lowest BCUT2D eigenvalue weighted by atomic mass is 10.2. The van der Waals surface area contributed by atoms with Crippen LogP contribution in [0.5, 0.6) is 11.6 Å². The Bertz CT molecular complexity index is 999. The van der Waals surface area contributed by atoms with Crippen LogP contribution in [0, 0.1) is 0 Å². The molecule has 0 bridgehead atoms. The Labute approximate surface area is 173 Å². The van der Waals surface area contributed by atoms with Crippen LogP contribution in [-0.2, 0) is 6.54 Å². The topological polar surface area (TPSA) is 45.7 Å². The highest BCUT2D eigenvalue weighted by Gasteiger charge is 2.23. The number of nitrogens with zero attached hydrogens (tertiary/aromatic N) is 3. The molecule has 28 heavy (non-hydrogen) atoms. The highest BCUT2D eigenvalue weighted by atomic mass is 35.5. The molecule has 5 nitrogen and oxygen atoms in total. The van der Waals surface area contributed by atoms with Crippen LogP contribution in [0.2, 0.25) is 5.02 Å². The van der Waals surface area contributed by atoms with E-state index < -0.39 is 0 Å². The fourth-order valence-electron chi connectivity index (χ4n) is 2.83. The quantitative estimate of drug-likeness (QED) is 0.548. The van der Waals surface area contributed by atoms with Crippen LogP contribution in [0.15, 0.2) is 65.6 Å². The summed E-state index contributed by atoms with van der Waals surface area (Å²) in [5, 5.41) is 0.628. The number of anilines is 1. The standard InChI is InChI=1S/C21H18ClN3O2S/c1-24(2)21(26)15-11-19(25-13-14-5-3-4-6-18(14)28-25)23-20(12-15)27-17-9-7-16(22)8-10-17/h3-12H,13H2,1-2H3. The first-order chi connectivity index (χ1) is 13.5. The second kappa shape index (κ2) is 7.73. The molecule has 1 aliphatic heterocycles. The van der Waals surface area contributed by atoms with Crippen molar-refractivity contribution >= 4 is 35.3 Å².